The zero-order valence-corrected chi connectivity index (χ0v) is 15.3. The Morgan fingerprint density at radius 3 is 2.70 bits per heavy atom. The minimum absolute atomic E-state index is 0.202. The Labute approximate surface area is 144 Å². The summed E-state index contributed by atoms with van der Waals surface area (Å²) in [6.07, 6.45) is 0. The number of ether oxygens (including phenoxy) is 1. The van der Waals surface area contributed by atoms with Crippen LogP contribution in [0.5, 0.6) is 0 Å². The number of nitrogens with zero attached hydrogens (tertiary/aromatic N) is 1. The van der Waals surface area contributed by atoms with E-state index in [1.165, 1.54) is 31.9 Å². The fourth-order valence-corrected chi connectivity index (χ4v) is 4.18. The first kappa shape index (κ1) is 16.1. The third-order valence-corrected chi connectivity index (χ3v) is 5.68. The van der Waals surface area contributed by atoms with Gasteiger partial charge < -0.3 is 4.74 Å². The molecule has 0 atom stereocenters. The summed E-state index contributed by atoms with van der Waals surface area (Å²) in [6, 6.07) is 8.39. The van der Waals surface area contributed by atoms with Gasteiger partial charge in [0.1, 0.15) is 11.6 Å². The highest BCUT2D eigenvalue weighted by Crippen LogP contribution is 2.38. The molecule has 0 amide bonds. The lowest BCUT2D eigenvalue weighted by Gasteiger charge is -2.15. The summed E-state index contributed by atoms with van der Waals surface area (Å²) >= 11 is 3.29. The molecule has 0 fully saturated rings. The van der Waals surface area contributed by atoms with Crippen molar-refractivity contribution in [3.8, 4) is 10.6 Å². The summed E-state index contributed by atoms with van der Waals surface area (Å²) in [5.74, 6) is -0.202. The number of hydrogen-bond donors (Lipinski definition) is 0. The number of carbonyl (C=O) groups excluding carboxylic acids is 1. The van der Waals surface area contributed by atoms with Crippen molar-refractivity contribution in [1.29, 1.82) is 0 Å². The van der Waals surface area contributed by atoms with Gasteiger partial charge in [-0.15, -0.1) is 22.7 Å². The summed E-state index contributed by atoms with van der Waals surface area (Å²) in [7, 11) is 0. The van der Waals surface area contributed by atoms with E-state index in [0.29, 0.717) is 0 Å². The highest BCUT2D eigenvalue weighted by molar-refractivity contribution is 7.22. The van der Waals surface area contributed by atoms with Crippen LogP contribution in [0.2, 0.25) is 0 Å². The molecule has 5 heteroatoms. The van der Waals surface area contributed by atoms with E-state index < -0.39 is 5.41 Å². The van der Waals surface area contributed by atoms with Crippen LogP contribution in [-0.2, 0) is 16.1 Å². The molecule has 0 aliphatic rings. The summed E-state index contributed by atoms with van der Waals surface area (Å²) < 4.78 is 6.62. The molecule has 0 aliphatic heterocycles. The van der Waals surface area contributed by atoms with Gasteiger partial charge in [-0.1, -0.05) is 18.2 Å². The lowest BCUT2D eigenvalue weighted by Crippen LogP contribution is -2.22. The molecule has 3 rings (SSSR count). The molecule has 0 aliphatic carbocycles. The monoisotopic (exact) mass is 345 g/mol. The van der Waals surface area contributed by atoms with Gasteiger partial charge in [0.05, 0.1) is 16.0 Å². The van der Waals surface area contributed by atoms with Gasteiger partial charge in [-0.05, 0) is 44.7 Å². The Bertz CT molecular complexity index is 855. The molecule has 0 N–H and O–H groups in total. The van der Waals surface area contributed by atoms with E-state index >= 15 is 0 Å². The molecule has 23 heavy (non-hydrogen) atoms. The molecular formula is C18H19NO2S2. The average Bonchev–Trinajstić information content (AvgIpc) is 3.09. The second kappa shape index (κ2) is 6.06. The van der Waals surface area contributed by atoms with E-state index in [0.717, 1.165) is 10.7 Å². The Morgan fingerprint density at radius 2 is 2.00 bits per heavy atom. The van der Waals surface area contributed by atoms with Crippen LogP contribution in [-0.4, -0.2) is 11.0 Å². The second-order valence-electron chi connectivity index (χ2n) is 6.50. The number of fused-ring (bicyclic) bond motifs is 1. The number of aryl methyl sites for hydroxylation is 1. The lowest BCUT2D eigenvalue weighted by molar-refractivity contribution is -0.154. The molecule has 0 saturated heterocycles. The van der Waals surface area contributed by atoms with Crippen LogP contribution in [0, 0.1) is 12.3 Å². The number of carbonyl (C=O) groups is 1. The number of benzene rings is 1. The van der Waals surface area contributed by atoms with Crippen molar-refractivity contribution in [1.82, 2.24) is 4.98 Å². The van der Waals surface area contributed by atoms with E-state index in [9.17, 15) is 4.79 Å². The second-order valence-corrected chi connectivity index (χ2v) is 8.50. The maximum atomic E-state index is 11.8. The van der Waals surface area contributed by atoms with Gasteiger partial charge in [-0.3, -0.25) is 4.79 Å². The molecule has 0 spiro atoms. The SMILES string of the molecule is Cc1c(-c2csc(COC(=O)C(C)(C)C)n2)sc2ccccc12. The fourth-order valence-electron chi connectivity index (χ4n) is 2.24. The smallest absolute Gasteiger partial charge is 0.311 e. The molecule has 0 bridgehead atoms. The van der Waals surface area contributed by atoms with Crippen molar-refractivity contribution in [2.45, 2.75) is 34.3 Å². The topological polar surface area (TPSA) is 39.2 Å². The van der Waals surface area contributed by atoms with Crippen LogP contribution in [0.1, 0.15) is 31.3 Å². The molecule has 0 unspecified atom stereocenters. The number of rotatable bonds is 3. The molecule has 0 radical (unpaired) electrons. The predicted molar refractivity (Wildman–Crippen MR) is 96.9 cm³/mol. The van der Waals surface area contributed by atoms with Crippen molar-refractivity contribution in [2.24, 2.45) is 5.41 Å². The van der Waals surface area contributed by atoms with E-state index in [1.807, 2.05) is 26.2 Å². The number of thiazole rings is 1. The van der Waals surface area contributed by atoms with Crippen LogP contribution in [0.15, 0.2) is 29.6 Å². The molecule has 2 heterocycles. The third-order valence-electron chi connectivity index (χ3n) is 3.57. The van der Waals surface area contributed by atoms with Gasteiger partial charge >= 0.3 is 5.97 Å². The van der Waals surface area contributed by atoms with Gasteiger partial charge in [-0.2, -0.15) is 0 Å². The van der Waals surface area contributed by atoms with Gasteiger partial charge in [-0.25, -0.2) is 4.98 Å². The minimum Gasteiger partial charge on any atom is -0.458 e. The molecule has 1 aromatic carbocycles. The fraction of sp³-hybridized carbons (Fsp3) is 0.333. The van der Waals surface area contributed by atoms with Crippen molar-refractivity contribution < 1.29 is 9.53 Å². The number of hydrogen-bond acceptors (Lipinski definition) is 5. The molecule has 0 saturated carbocycles. The predicted octanol–water partition coefficient (Wildman–Crippen LogP) is 5.42. The van der Waals surface area contributed by atoms with Crippen LogP contribution in [0.3, 0.4) is 0 Å². The standard InChI is InChI=1S/C18H19NO2S2/c1-11-12-7-5-6-8-14(12)23-16(11)13-10-22-15(19-13)9-21-17(20)18(2,3)4/h5-8,10H,9H2,1-4H3. The van der Waals surface area contributed by atoms with Crippen molar-refractivity contribution in [3.63, 3.8) is 0 Å². The normalized spacial score (nSPS) is 11.8. The average molecular weight is 345 g/mol. The van der Waals surface area contributed by atoms with E-state index in [2.05, 4.69) is 36.2 Å². The van der Waals surface area contributed by atoms with Crippen LogP contribution >= 0.6 is 22.7 Å². The number of aromatic nitrogens is 1. The van der Waals surface area contributed by atoms with Crippen molar-refractivity contribution >= 4 is 38.7 Å². The molecule has 2 aromatic heterocycles. The lowest BCUT2D eigenvalue weighted by atomic mass is 9.97. The molecular weight excluding hydrogens is 326 g/mol. The molecule has 120 valence electrons. The summed E-state index contributed by atoms with van der Waals surface area (Å²) in [4.78, 5) is 17.7. The quantitative estimate of drug-likeness (QED) is 0.595. The number of thiophene rings is 1. The summed E-state index contributed by atoms with van der Waals surface area (Å²) in [6.45, 7) is 7.92. The Kier molecular flexibility index (Phi) is 4.25. The minimum atomic E-state index is -0.484. The molecule has 3 nitrogen and oxygen atoms in total. The first-order valence-corrected chi connectivity index (χ1v) is 9.16. The summed E-state index contributed by atoms with van der Waals surface area (Å²) in [5, 5.41) is 4.15. The third kappa shape index (κ3) is 3.31. The maximum Gasteiger partial charge on any atom is 0.311 e. The maximum absolute atomic E-state index is 11.8. The molecule has 3 aromatic rings. The van der Waals surface area contributed by atoms with Crippen LogP contribution < -0.4 is 0 Å². The largest absolute Gasteiger partial charge is 0.458 e. The number of esters is 1. The van der Waals surface area contributed by atoms with E-state index in [-0.39, 0.29) is 12.6 Å². The van der Waals surface area contributed by atoms with Crippen molar-refractivity contribution in [2.75, 3.05) is 0 Å². The highest BCUT2D eigenvalue weighted by Gasteiger charge is 2.23. The van der Waals surface area contributed by atoms with E-state index in [4.69, 9.17) is 4.74 Å². The van der Waals surface area contributed by atoms with Gasteiger partial charge in [0, 0.05) is 10.1 Å². The van der Waals surface area contributed by atoms with Gasteiger partial charge in [0.25, 0.3) is 0 Å². The zero-order valence-electron chi connectivity index (χ0n) is 13.7. The summed E-state index contributed by atoms with van der Waals surface area (Å²) in [5.41, 5.74) is 1.74. The van der Waals surface area contributed by atoms with E-state index in [1.54, 1.807) is 11.3 Å². The van der Waals surface area contributed by atoms with Gasteiger partial charge in [0.15, 0.2) is 0 Å². The van der Waals surface area contributed by atoms with Crippen LogP contribution in [0.4, 0.5) is 0 Å². The Hall–Kier alpha value is -1.72. The van der Waals surface area contributed by atoms with Crippen LogP contribution in [0.25, 0.3) is 20.7 Å². The van der Waals surface area contributed by atoms with Gasteiger partial charge in [0.2, 0.25) is 0 Å². The Morgan fingerprint density at radius 1 is 1.26 bits per heavy atom. The first-order chi connectivity index (χ1) is 10.9. The Balaban J connectivity index is 1.81. The van der Waals surface area contributed by atoms with Crippen molar-refractivity contribution in [3.05, 3.63) is 40.2 Å². The first-order valence-electron chi connectivity index (χ1n) is 7.46. The zero-order chi connectivity index (χ0) is 16.6. The highest BCUT2D eigenvalue weighted by atomic mass is 32.1.